The SMILES string of the molecule is Nc1ccc(F)c(C(=O)NCC2(C3CC3)CC2)c1F. The number of nitrogens with one attached hydrogen (secondary N) is 1. The second-order valence-electron chi connectivity index (χ2n) is 5.64. The molecule has 3 N–H and O–H groups in total. The number of carbonyl (C=O) groups is 1. The predicted molar refractivity (Wildman–Crippen MR) is 67.5 cm³/mol. The molecule has 2 aliphatic rings. The Bertz CT molecular complexity index is 536. The topological polar surface area (TPSA) is 55.1 Å². The Balaban J connectivity index is 1.72. The highest BCUT2D eigenvalue weighted by Gasteiger charge is 2.53. The number of halogens is 2. The summed E-state index contributed by atoms with van der Waals surface area (Å²) in [5, 5.41) is 2.66. The summed E-state index contributed by atoms with van der Waals surface area (Å²) >= 11 is 0. The van der Waals surface area contributed by atoms with Crippen molar-refractivity contribution >= 4 is 11.6 Å². The van der Waals surface area contributed by atoms with Crippen LogP contribution in [0.4, 0.5) is 14.5 Å². The fraction of sp³-hybridized carbons (Fsp3) is 0.500. The lowest BCUT2D eigenvalue weighted by molar-refractivity contribution is 0.0934. The highest BCUT2D eigenvalue weighted by molar-refractivity contribution is 5.95. The first-order valence-electron chi connectivity index (χ1n) is 6.55. The van der Waals surface area contributed by atoms with Gasteiger partial charge in [-0.3, -0.25) is 4.79 Å². The number of amides is 1. The molecule has 0 bridgehead atoms. The van der Waals surface area contributed by atoms with E-state index in [9.17, 15) is 13.6 Å². The molecule has 3 rings (SSSR count). The number of hydrogen-bond acceptors (Lipinski definition) is 2. The second kappa shape index (κ2) is 4.18. The Morgan fingerprint density at radius 2 is 2.05 bits per heavy atom. The van der Waals surface area contributed by atoms with Crippen molar-refractivity contribution in [1.29, 1.82) is 0 Å². The molecule has 102 valence electrons. The highest BCUT2D eigenvalue weighted by Crippen LogP contribution is 2.60. The zero-order valence-electron chi connectivity index (χ0n) is 10.5. The monoisotopic (exact) mass is 266 g/mol. The Kier molecular flexibility index (Phi) is 2.73. The van der Waals surface area contributed by atoms with Crippen molar-refractivity contribution in [2.24, 2.45) is 11.3 Å². The molecule has 19 heavy (non-hydrogen) atoms. The lowest BCUT2D eigenvalue weighted by Crippen LogP contribution is -2.32. The molecule has 1 aromatic carbocycles. The van der Waals surface area contributed by atoms with E-state index in [2.05, 4.69) is 5.32 Å². The van der Waals surface area contributed by atoms with Gasteiger partial charge >= 0.3 is 0 Å². The largest absolute Gasteiger partial charge is 0.396 e. The van der Waals surface area contributed by atoms with Gasteiger partial charge in [-0.05, 0) is 49.1 Å². The molecule has 5 heteroatoms. The fourth-order valence-electron chi connectivity index (χ4n) is 2.71. The molecule has 2 fully saturated rings. The van der Waals surface area contributed by atoms with E-state index in [0.29, 0.717) is 12.5 Å². The molecule has 0 aliphatic heterocycles. The number of nitrogen functional groups attached to an aromatic ring is 1. The summed E-state index contributed by atoms with van der Waals surface area (Å²) in [6.45, 7) is 0.504. The summed E-state index contributed by atoms with van der Waals surface area (Å²) < 4.78 is 27.2. The molecule has 0 unspecified atom stereocenters. The van der Waals surface area contributed by atoms with Crippen LogP contribution in [0.1, 0.15) is 36.0 Å². The standard InChI is InChI=1S/C14H16F2N2O/c15-9-3-4-10(17)12(16)11(9)13(19)18-7-14(5-6-14)8-1-2-8/h3-4,8H,1-2,5-7,17H2,(H,18,19). The van der Waals surface area contributed by atoms with Gasteiger partial charge in [-0.1, -0.05) is 0 Å². The molecule has 0 radical (unpaired) electrons. The first-order valence-corrected chi connectivity index (χ1v) is 6.55. The number of nitrogens with two attached hydrogens (primary N) is 1. The van der Waals surface area contributed by atoms with Crippen LogP contribution in [0.2, 0.25) is 0 Å². The summed E-state index contributed by atoms with van der Waals surface area (Å²) in [6, 6.07) is 2.13. The van der Waals surface area contributed by atoms with Gasteiger partial charge in [0.05, 0.1) is 5.69 Å². The Morgan fingerprint density at radius 1 is 1.37 bits per heavy atom. The van der Waals surface area contributed by atoms with Crippen LogP contribution >= 0.6 is 0 Å². The summed E-state index contributed by atoms with van der Waals surface area (Å²) in [4.78, 5) is 11.9. The van der Waals surface area contributed by atoms with E-state index >= 15 is 0 Å². The normalized spacial score (nSPS) is 20.1. The Labute approximate surface area is 110 Å². The van der Waals surface area contributed by atoms with Crippen LogP contribution in [0.5, 0.6) is 0 Å². The van der Waals surface area contributed by atoms with Gasteiger partial charge in [0.25, 0.3) is 5.91 Å². The molecule has 3 nitrogen and oxygen atoms in total. The number of carbonyl (C=O) groups excluding carboxylic acids is 1. The first-order chi connectivity index (χ1) is 9.03. The van der Waals surface area contributed by atoms with Crippen LogP contribution in [0.15, 0.2) is 12.1 Å². The number of hydrogen-bond donors (Lipinski definition) is 2. The molecule has 0 saturated heterocycles. The van der Waals surface area contributed by atoms with Gasteiger partial charge in [-0.2, -0.15) is 0 Å². The molecule has 0 heterocycles. The summed E-state index contributed by atoms with van der Waals surface area (Å²) in [7, 11) is 0. The van der Waals surface area contributed by atoms with Crippen LogP contribution < -0.4 is 11.1 Å². The van der Waals surface area contributed by atoms with E-state index in [0.717, 1.165) is 25.0 Å². The van der Waals surface area contributed by atoms with Crippen LogP contribution in [0, 0.1) is 23.0 Å². The average molecular weight is 266 g/mol. The van der Waals surface area contributed by atoms with E-state index in [-0.39, 0.29) is 11.1 Å². The van der Waals surface area contributed by atoms with Gasteiger partial charge < -0.3 is 11.1 Å². The fourth-order valence-corrected chi connectivity index (χ4v) is 2.71. The maximum absolute atomic E-state index is 13.7. The maximum Gasteiger partial charge on any atom is 0.257 e. The van der Waals surface area contributed by atoms with Gasteiger partial charge in [-0.25, -0.2) is 8.78 Å². The predicted octanol–water partition coefficient (Wildman–Crippen LogP) is 2.47. The summed E-state index contributed by atoms with van der Waals surface area (Å²) in [5.74, 6) is -1.88. The van der Waals surface area contributed by atoms with Crippen molar-refractivity contribution in [2.75, 3.05) is 12.3 Å². The van der Waals surface area contributed by atoms with Gasteiger partial charge in [0.2, 0.25) is 0 Å². The molecule has 1 aromatic rings. The van der Waals surface area contributed by atoms with Gasteiger partial charge in [-0.15, -0.1) is 0 Å². The zero-order valence-corrected chi connectivity index (χ0v) is 10.5. The smallest absolute Gasteiger partial charge is 0.257 e. The van der Waals surface area contributed by atoms with Crippen LogP contribution in [0.25, 0.3) is 0 Å². The Hall–Kier alpha value is -1.65. The van der Waals surface area contributed by atoms with Crippen molar-refractivity contribution in [3.05, 3.63) is 29.3 Å². The molecule has 0 aromatic heterocycles. The Morgan fingerprint density at radius 3 is 2.63 bits per heavy atom. The van der Waals surface area contributed by atoms with E-state index in [1.807, 2.05) is 0 Å². The number of anilines is 1. The van der Waals surface area contributed by atoms with E-state index in [1.165, 1.54) is 12.8 Å². The van der Waals surface area contributed by atoms with Crippen molar-refractivity contribution in [1.82, 2.24) is 5.32 Å². The third-order valence-electron chi connectivity index (χ3n) is 4.28. The zero-order chi connectivity index (χ0) is 13.6. The van der Waals surface area contributed by atoms with Gasteiger partial charge in [0.1, 0.15) is 11.4 Å². The van der Waals surface area contributed by atoms with Gasteiger partial charge in [0.15, 0.2) is 5.82 Å². The minimum absolute atomic E-state index is 0.197. The molecule has 2 aliphatic carbocycles. The number of benzene rings is 1. The number of rotatable bonds is 4. The van der Waals surface area contributed by atoms with Crippen LogP contribution in [-0.2, 0) is 0 Å². The summed E-state index contributed by atoms with van der Waals surface area (Å²) in [5.41, 5.74) is 4.77. The molecule has 1 amide bonds. The molecule has 0 spiro atoms. The van der Waals surface area contributed by atoms with Crippen molar-refractivity contribution in [2.45, 2.75) is 25.7 Å². The minimum Gasteiger partial charge on any atom is -0.396 e. The highest BCUT2D eigenvalue weighted by atomic mass is 19.1. The second-order valence-corrected chi connectivity index (χ2v) is 5.64. The summed E-state index contributed by atoms with van der Waals surface area (Å²) in [6.07, 6.45) is 4.60. The first kappa shape index (κ1) is 12.4. The van der Waals surface area contributed by atoms with Gasteiger partial charge in [0, 0.05) is 6.54 Å². The van der Waals surface area contributed by atoms with E-state index in [1.54, 1.807) is 0 Å². The molecule has 2 saturated carbocycles. The van der Waals surface area contributed by atoms with E-state index in [4.69, 9.17) is 5.73 Å². The molecule has 0 atom stereocenters. The van der Waals surface area contributed by atoms with Crippen molar-refractivity contribution in [3.63, 3.8) is 0 Å². The minimum atomic E-state index is -0.978. The van der Waals surface area contributed by atoms with Crippen molar-refractivity contribution < 1.29 is 13.6 Å². The van der Waals surface area contributed by atoms with Crippen LogP contribution in [0.3, 0.4) is 0 Å². The molecular weight excluding hydrogens is 250 g/mol. The quantitative estimate of drug-likeness (QED) is 0.822. The third kappa shape index (κ3) is 2.17. The molecular formula is C14H16F2N2O. The third-order valence-corrected chi connectivity index (χ3v) is 4.28. The lowest BCUT2D eigenvalue weighted by Gasteiger charge is -2.15. The van der Waals surface area contributed by atoms with Crippen LogP contribution in [-0.4, -0.2) is 12.5 Å². The lowest BCUT2D eigenvalue weighted by atomic mass is 10.0. The van der Waals surface area contributed by atoms with Crippen molar-refractivity contribution in [3.8, 4) is 0 Å². The maximum atomic E-state index is 13.7. The van der Waals surface area contributed by atoms with E-state index < -0.39 is 23.1 Å². The average Bonchev–Trinajstić information content (AvgIpc) is 3.24.